The Kier molecular flexibility index (Phi) is 7.23. The second kappa shape index (κ2) is 8.45. The van der Waals surface area contributed by atoms with Crippen molar-refractivity contribution in [3.63, 3.8) is 0 Å². The molecule has 0 aliphatic rings. The Morgan fingerprint density at radius 3 is 2.61 bits per heavy atom. The molecule has 0 spiro atoms. The quantitative estimate of drug-likeness (QED) is 0.567. The summed E-state index contributed by atoms with van der Waals surface area (Å²) < 4.78 is 0. The van der Waals surface area contributed by atoms with Crippen LogP contribution in [-0.2, 0) is 11.2 Å². The van der Waals surface area contributed by atoms with Gasteiger partial charge in [-0.1, -0.05) is 47.1 Å². The van der Waals surface area contributed by atoms with Crippen molar-refractivity contribution in [2.45, 2.75) is 37.1 Å². The van der Waals surface area contributed by atoms with Crippen LogP contribution in [0.4, 0.5) is 0 Å². The van der Waals surface area contributed by atoms with Crippen LogP contribution in [0, 0.1) is 0 Å². The van der Waals surface area contributed by atoms with E-state index in [4.69, 9.17) is 10.8 Å². The summed E-state index contributed by atoms with van der Waals surface area (Å²) in [5, 5.41) is 8.73. The van der Waals surface area contributed by atoms with Gasteiger partial charge in [0.05, 0.1) is 0 Å². The Morgan fingerprint density at radius 2 is 2.06 bits per heavy atom. The van der Waals surface area contributed by atoms with E-state index < -0.39 is 12.0 Å². The zero-order chi connectivity index (χ0) is 13.4. The highest BCUT2D eigenvalue weighted by molar-refractivity contribution is 8.76. The van der Waals surface area contributed by atoms with Gasteiger partial charge in [0.25, 0.3) is 0 Å². The van der Waals surface area contributed by atoms with E-state index in [-0.39, 0.29) is 0 Å². The molecule has 3 nitrogen and oxygen atoms in total. The fraction of sp³-hybridized carbons (Fsp3) is 0.462. The molecule has 0 fully saturated rings. The monoisotopic (exact) mass is 285 g/mol. The van der Waals surface area contributed by atoms with Gasteiger partial charge in [0.1, 0.15) is 6.04 Å². The summed E-state index contributed by atoms with van der Waals surface area (Å²) >= 11 is 0. The normalized spacial score (nSPS) is 12.3. The predicted molar refractivity (Wildman–Crippen MR) is 79.0 cm³/mol. The van der Waals surface area contributed by atoms with Crippen LogP contribution >= 0.6 is 21.6 Å². The van der Waals surface area contributed by atoms with E-state index in [1.54, 1.807) is 10.8 Å². The Labute approximate surface area is 116 Å². The minimum absolute atomic E-state index is 0.378. The Hall–Kier alpha value is -0.650. The van der Waals surface area contributed by atoms with Gasteiger partial charge in [0.2, 0.25) is 0 Å². The fourth-order valence-electron chi connectivity index (χ4n) is 1.34. The SMILES string of the molecule is CCCCSSc1ccc(C[C@H](N)C(=O)O)cc1. The first-order chi connectivity index (χ1) is 8.63. The van der Waals surface area contributed by atoms with Crippen LogP contribution in [0.5, 0.6) is 0 Å². The van der Waals surface area contributed by atoms with Crippen LogP contribution < -0.4 is 5.73 Å². The van der Waals surface area contributed by atoms with Crippen LogP contribution in [0.1, 0.15) is 25.3 Å². The summed E-state index contributed by atoms with van der Waals surface area (Å²) in [4.78, 5) is 11.8. The maximum Gasteiger partial charge on any atom is 0.320 e. The number of carboxylic acid groups (broad SMARTS) is 1. The lowest BCUT2D eigenvalue weighted by molar-refractivity contribution is -0.138. The number of carboxylic acids is 1. The fourth-order valence-corrected chi connectivity index (χ4v) is 3.55. The van der Waals surface area contributed by atoms with Gasteiger partial charge >= 0.3 is 5.97 Å². The zero-order valence-corrected chi connectivity index (χ0v) is 12.1. The largest absolute Gasteiger partial charge is 0.480 e. The zero-order valence-electron chi connectivity index (χ0n) is 10.5. The van der Waals surface area contributed by atoms with Crippen LogP contribution in [0.15, 0.2) is 29.2 Å². The highest BCUT2D eigenvalue weighted by Gasteiger charge is 2.11. The Bertz CT molecular complexity index is 368. The minimum Gasteiger partial charge on any atom is -0.480 e. The molecular weight excluding hydrogens is 266 g/mol. The summed E-state index contributed by atoms with van der Waals surface area (Å²) in [5.74, 6) is 0.205. The summed E-state index contributed by atoms with van der Waals surface area (Å²) in [5.41, 5.74) is 6.46. The van der Waals surface area contributed by atoms with Crippen molar-refractivity contribution in [2.24, 2.45) is 5.73 Å². The lowest BCUT2D eigenvalue weighted by Crippen LogP contribution is -2.32. The minimum atomic E-state index is -0.955. The molecule has 0 saturated heterocycles. The number of rotatable bonds is 8. The molecule has 0 unspecified atom stereocenters. The number of unbranched alkanes of at least 4 members (excludes halogenated alkanes) is 1. The molecule has 0 heterocycles. The second-order valence-electron chi connectivity index (χ2n) is 4.05. The molecule has 1 rings (SSSR count). The van der Waals surface area contributed by atoms with E-state index in [1.807, 2.05) is 35.1 Å². The first-order valence-corrected chi connectivity index (χ1v) is 8.32. The molecular formula is C13H19NO2S2. The third-order valence-corrected chi connectivity index (χ3v) is 4.90. The molecule has 0 amide bonds. The van der Waals surface area contributed by atoms with Crippen molar-refractivity contribution < 1.29 is 9.90 Å². The first-order valence-electron chi connectivity index (χ1n) is 6.00. The smallest absolute Gasteiger partial charge is 0.320 e. The third kappa shape index (κ3) is 5.80. The number of benzene rings is 1. The van der Waals surface area contributed by atoms with Crippen molar-refractivity contribution in [1.29, 1.82) is 0 Å². The maximum absolute atomic E-state index is 10.6. The van der Waals surface area contributed by atoms with Gasteiger partial charge in [-0.05, 0) is 30.5 Å². The molecule has 100 valence electrons. The molecule has 1 atom stereocenters. The lowest BCUT2D eigenvalue weighted by atomic mass is 10.1. The van der Waals surface area contributed by atoms with Crippen LogP contribution in [0.2, 0.25) is 0 Å². The Morgan fingerprint density at radius 1 is 1.39 bits per heavy atom. The average Bonchev–Trinajstić information content (AvgIpc) is 2.36. The Balaban J connectivity index is 2.40. The molecule has 1 aromatic rings. The number of nitrogens with two attached hydrogens (primary N) is 1. The molecule has 5 heteroatoms. The van der Waals surface area contributed by atoms with E-state index in [0.717, 1.165) is 11.3 Å². The topological polar surface area (TPSA) is 63.3 Å². The molecule has 0 bridgehead atoms. The van der Waals surface area contributed by atoms with Gasteiger partial charge in [-0.2, -0.15) is 0 Å². The van der Waals surface area contributed by atoms with Crippen molar-refractivity contribution in [3.8, 4) is 0 Å². The van der Waals surface area contributed by atoms with Crippen molar-refractivity contribution in [2.75, 3.05) is 5.75 Å². The van der Waals surface area contributed by atoms with Gasteiger partial charge in [-0.25, -0.2) is 0 Å². The maximum atomic E-state index is 10.6. The van der Waals surface area contributed by atoms with Gasteiger partial charge in [0, 0.05) is 10.6 Å². The predicted octanol–water partition coefficient (Wildman–Crippen LogP) is 3.18. The van der Waals surface area contributed by atoms with E-state index in [2.05, 4.69) is 6.92 Å². The first kappa shape index (κ1) is 15.4. The number of aliphatic carboxylic acids is 1. The van der Waals surface area contributed by atoms with Crippen molar-refractivity contribution in [3.05, 3.63) is 29.8 Å². The molecule has 0 saturated carbocycles. The molecule has 0 aromatic heterocycles. The molecule has 0 aliphatic heterocycles. The highest BCUT2D eigenvalue weighted by Crippen LogP contribution is 2.31. The van der Waals surface area contributed by atoms with Gasteiger partial charge < -0.3 is 10.8 Å². The van der Waals surface area contributed by atoms with E-state index in [0.29, 0.717) is 6.42 Å². The summed E-state index contributed by atoms with van der Waals surface area (Å²) in [6, 6.07) is 7.13. The number of carbonyl (C=O) groups is 1. The van der Waals surface area contributed by atoms with Crippen molar-refractivity contribution in [1.82, 2.24) is 0 Å². The van der Waals surface area contributed by atoms with E-state index in [9.17, 15) is 4.79 Å². The van der Waals surface area contributed by atoms with Gasteiger partial charge in [0.15, 0.2) is 0 Å². The lowest BCUT2D eigenvalue weighted by Gasteiger charge is -2.07. The second-order valence-corrected chi connectivity index (χ2v) is 6.54. The third-order valence-electron chi connectivity index (χ3n) is 2.43. The summed E-state index contributed by atoms with van der Waals surface area (Å²) in [6.45, 7) is 2.19. The number of hydrogen-bond acceptors (Lipinski definition) is 4. The summed E-state index contributed by atoms with van der Waals surface area (Å²) in [7, 11) is 3.62. The van der Waals surface area contributed by atoms with Crippen molar-refractivity contribution >= 4 is 27.6 Å². The molecule has 0 aliphatic carbocycles. The standard InChI is InChI=1S/C13H19NO2S2/c1-2-3-8-17-18-11-6-4-10(5-7-11)9-12(14)13(15)16/h4-7,12H,2-3,8-9,14H2,1H3,(H,15,16)/t12-/m0/s1. The average molecular weight is 285 g/mol. The van der Waals surface area contributed by atoms with Gasteiger partial charge in [-0.3, -0.25) is 4.79 Å². The summed E-state index contributed by atoms with van der Waals surface area (Å²) in [6.07, 6.45) is 2.84. The molecule has 18 heavy (non-hydrogen) atoms. The van der Waals surface area contributed by atoms with Crippen LogP contribution in [0.25, 0.3) is 0 Å². The number of hydrogen-bond donors (Lipinski definition) is 2. The molecule has 3 N–H and O–H groups in total. The van der Waals surface area contributed by atoms with E-state index in [1.165, 1.54) is 17.7 Å². The highest BCUT2D eigenvalue weighted by atomic mass is 33.1. The van der Waals surface area contributed by atoms with E-state index >= 15 is 0 Å². The van der Waals surface area contributed by atoms with Crippen LogP contribution in [-0.4, -0.2) is 22.9 Å². The molecule has 0 radical (unpaired) electrons. The molecule has 1 aromatic carbocycles. The van der Waals surface area contributed by atoms with Gasteiger partial charge in [-0.15, -0.1) is 0 Å². The van der Waals surface area contributed by atoms with Crippen LogP contribution in [0.3, 0.4) is 0 Å².